The van der Waals surface area contributed by atoms with Crippen LogP contribution in [0.1, 0.15) is 51.4 Å². The molecule has 0 fully saturated rings. The second-order valence-corrected chi connectivity index (χ2v) is 7.76. The van der Waals surface area contributed by atoms with Crippen molar-refractivity contribution in [2.24, 2.45) is 17.3 Å². The van der Waals surface area contributed by atoms with Gasteiger partial charge >= 0.3 is 5.97 Å². The lowest BCUT2D eigenvalue weighted by Crippen LogP contribution is -2.43. The van der Waals surface area contributed by atoms with Crippen molar-refractivity contribution in [2.75, 3.05) is 25.5 Å². The molecule has 1 amide bonds. The predicted octanol–water partition coefficient (Wildman–Crippen LogP) is 4.27. The summed E-state index contributed by atoms with van der Waals surface area (Å²) >= 11 is 0. The highest BCUT2D eigenvalue weighted by molar-refractivity contribution is 5.90. The average Bonchev–Trinajstić information content (AvgIpc) is 2.65. The van der Waals surface area contributed by atoms with Crippen molar-refractivity contribution >= 4 is 17.6 Å². The van der Waals surface area contributed by atoms with E-state index in [1.165, 1.54) is 0 Å². The molecular weight excluding hydrogens is 392 g/mol. The zero-order valence-corrected chi connectivity index (χ0v) is 17.5. The number of hydrogen-bond donors (Lipinski definition) is 2. The summed E-state index contributed by atoms with van der Waals surface area (Å²) in [5, 5.41) is 4.71. The molecule has 0 saturated heterocycles. The molecule has 1 aromatic carbocycles. The highest BCUT2D eigenvalue weighted by Crippen LogP contribution is 2.32. The average molecular weight is 420 g/mol. The van der Waals surface area contributed by atoms with E-state index >= 15 is 0 Å². The number of hydrogen-bond acceptors (Lipinski definition) is 4. The van der Waals surface area contributed by atoms with Gasteiger partial charge in [0.05, 0.1) is 6.61 Å². The molecule has 5 nitrogen and oxygen atoms in total. The van der Waals surface area contributed by atoms with Crippen molar-refractivity contribution in [3.05, 3.63) is 28.8 Å². The lowest BCUT2D eigenvalue weighted by atomic mass is 9.73. The summed E-state index contributed by atoms with van der Waals surface area (Å²) in [7, 11) is 1.08. The van der Waals surface area contributed by atoms with Crippen LogP contribution in [-0.2, 0) is 9.53 Å². The summed E-state index contributed by atoms with van der Waals surface area (Å²) in [5.74, 6) is -8.38. The van der Waals surface area contributed by atoms with Gasteiger partial charge in [-0.15, -0.1) is 0 Å². The van der Waals surface area contributed by atoms with Gasteiger partial charge in [0.15, 0.2) is 23.3 Å². The number of rotatable bonds is 9. The maximum Gasteiger partial charge on any atom is 0.344 e. The Morgan fingerprint density at radius 2 is 1.52 bits per heavy atom. The van der Waals surface area contributed by atoms with Crippen LogP contribution in [0.3, 0.4) is 0 Å². The van der Waals surface area contributed by atoms with Gasteiger partial charge in [0, 0.05) is 19.0 Å². The van der Waals surface area contributed by atoms with E-state index in [2.05, 4.69) is 5.32 Å². The first-order valence-corrected chi connectivity index (χ1v) is 9.36. The van der Waals surface area contributed by atoms with Gasteiger partial charge in [0.1, 0.15) is 11.3 Å². The van der Waals surface area contributed by atoms with Gasteiger partial charge < -0.3 is 15.4 Å². The van der Waals surface area contributed by atoms with Gasteiger partial charge in [-0.25, -0.2) is 22.4 Å². The molecule has 0 aliphatic rings. The first-order chi connectivity index (χ1) is 13.4. The van der Waals surface area contributed by atoms with Gasteiger partial charge in [0.25, 0.3) is 0 Å². The van der Waals surface area contributed by atoms with Crippen LogP contribution < -0.4 is 10.6 Å². The molecule has 0 saturated carbocycles. The van der Waals surface area contributed by atoms with E-state index in [1.54, 1.807) is 0 Å². The molecule has 1 unspecified atom stereocenters. The Labute approximate surface area is 168 Å². The molecule has 1 aromatic rings. The van der Waals surface area contributed by atoms with Crippen LogP contribution in [0.5, 0.6) is 0 Å². The van der Waals surface area contributed by atoms with Gasteiger partial charge in [-0.1, -0.05) is 34.6 Å². The van der Waals surface area contributed by atoms with Crippen LogP contribution in [0.15, 0.2) is 0 Å². The van der Waals surface area contributed by atoms with Crippen LogP contribution >= 0.6 is 0 Å². The minimum Gasteiger partial charge on any atom is -0.462 e. The summed E-state index contributed by atoms with van der Waals surface area (Å²) in [6.07, 6.45) is 0.159. The number of nitrogens with one attached hydrogen (secondary N) is 2. The molecule has 9 heteroatoms. The third-order valence-electron chi connectivity index (χ3n) is 5.28. The van der Waals surface area contributed by atoms with Crippen LogP contribution in [-0.4, -0.2) is 32.1 Å². The van der Waals surface area contributed by atoms with Gasteiger partial charge in [-0.05, 0) is 18.3 Å². The van der Waals surface area contributed by atoms with Gasteiger partial charge in [-0.3, -0.25) is 4.79 Å². The Morgan fingerprint density at radius 1 is 1.00 bits per heavy atom. The van der Waals surface area contributed by atoms with Crippen LogP contribution in [0.4, 0.5) is 23.2 Å². The van der Waals surface area contributed by atoms with Crippen molar-refractivity contribution in [2.45, 2.75) is 41.0 Å². The number of benzene rings is 1. The normalized spacial score (nSPS) is 12.7. The van der Waals surface area contributed by atoms with E-state index in [4.69, 9.17) is 4.74 Å². The minimum atomic E-state index is -1.84. The number of carbonyl (C=O) groups excluding carboxylic acids is 2. The number of amides is 1. The highest BCUT2D eigenvalue weighted by atomic mass is 19.2. The van der Waals surface area contributed by atoms with Crippen LogP contribution in [0, 0.1) is 40.5 Å². The molecule has 0 aromatic heterocycles. The van der Waals surface area contributed by atoms with E-state index in [-0.39, 0.29) is 31.4 Å². The number of halogens is 4. The third-order valence-corrected chi connectivity index (χ3v) is 5.28. The first kappa shape index (κ1) is 24.7. The molecular formula is C20H28F4N2O3. The predicted molar refractivity (Wildman–Crippen MR) is 102 cm³/mol. The van der Waals surface area contributed by atoms with Gasteiger partial charge in [-0.2, -0.15) is 0 Å². The van der Waals surface area contributed by atoms with E-state index in [0.29, 0.717) is 5.92 Å². The monoisotopic (exact) mass is 420 g/mol. The van der Waals surface area contributed by atoms with Crippen molar-refractivity contribution in [1.29, 1.82) is 0 Å². The number of anilines is 1. The largest absolute Gasteiger partial charge is 0.462 e. The summed E-state index contributed by atoms with van der Waals surface area (Å²) < 4.78 is 60.0. The topological polar surface area (TPSA) is 67.4 Å². The van der Waals surface area contributed by atoms with Crippen molar-refractivity contribution in [1.82, 2.24) is 5.32 Å². The van der Waals surface area contributed by atoms with E-state index in [9.17, 15) is 27.2 Å². The zero-order chi connectivity index (χ0) is 22.5. The SMILES string of the molecule is CNc1c(F)c(F)c(C(=O)OCCCNC(=O)C(C)(C)C(C)C(C)C)c(F)c1F. The lowest BCUT2D eigenvalue weighted by molar-refractivity contribution is -0.132. The van der Waals surface area contributed by atoms with E-state index in [1.807, 2.05) is 39.9 Å². The van der Waals surface area contributed by atoms with Crippen molar-refractivity contribution in [3.8, 4) is 0 Å². The zero-order valence-electron chi connectivity index (χ0n) is 17.5. The molecule has 0 aliphatic carbocycles. The standard InChI is InChI=1S/C20H28F4N2O3/c1-10(2)11(3)20(4,5)19(28)26-8-7-9-29-18(27)12-13(21)15(23)17(25-6)16(24)14(12)22/h10-11,25H,7-9H2,1-6H3,(H,26,28). The Kier molecular flexibility index (Phi) is 8.47. The number of esters is 1. The molecule has 1 rings (SSSR count). The molecule has 164 valence electrons. The maximum atomic E-state index is 13.9. The van der Waals surface area contributed by atoms with Crippen molar-refractivity contribution in [3.63, 3.8) is 0 Å². The van der Waals surface area contributed by atoms with E-state index < -0.39 is 45.9 Å². The molecule has 0 bridgehead atoms. The summed E-state index contributed by atoms with van der Waals surface area (Å²) in [4.78, 5) is 24.2. The molecule has 0 spiro atoms. The highest BCUT2D eigenvalue weighted by Gasteiger charge is 2.35. The summed E-state index contributed by atoms with van der Waals surface area (Å²) in [6.45, 7) is 9.54. The molecule has 0 radical (unpaired) electrons. The molecule has 2 N–H and O–H groups in total. The van der Waals surface area contributed by atoms with Crippen molar-refractivity contribution < 1.29 is 31.9 Å². The summed E-state index contributed by atoms with van der Waals surface area (Å²) in [5.41, 5.74) is -3.06. The fourth-order valence-corrected chi connectivity index (χ4v) is 2.81. The first-order valence-electron chi connectivity index (χ1n) is 9.36. The Bertz CT molecular complexity index is 738. The minimum absolute atomic E-state index is 0.122. The second-order valence-electron chi connectivity index (χ2n) is 7.76. The lowest BCUT2D eigenvalue weighted by Gasteiger charge is -2.33. The smallest absolute Gasteiger partial charge is 0.344 e. The van der Waals surface area contributed by atoms with Crippen LogP contribution in [0.25, 0.3) is 0 Å². The quantitative estimate of drug-likeness (QED) is 0.271. The Morgan fingerprint density at radius 3 is 1.97 bits per heavy atom. The Balaban J connectivity index is 2.65. The third kappa shape index (κ3) is 5.39. The molecule has 29 heavy (non-hydrogen) atoms. The fraction of sp³-hybridized carbons (Fsp3) is 0.600. The fourth-order valence-electron chi connectivity index (χ4n) is 2.81. The Hall–Kier alpha value is -2.32. The molecule has 0 heterocycles. The van der Waals surface area contributed by atoms with Crippen LogP contribution in [0.2, 0.25) is 0 Å². The molecule has 1 atom stereocenters. The molecule has 0 aliphatic heterocycles. The second kappa shape index (κ2) is 9.93. The van der Waals surface area contributed by atoms with Gasteiger partial charge in [0.2, 0.25) is 5.91 Å². The maximum absolute atomic E-state index is 13.9. The number of carbonyl (C=O) groups is 2. The number of ether oxygens (including phenoxy) is 1. The summed E-state index contributed by atoms with van der Waals surface area (Å²) in [6, 6.07) is 0. The van der Waals surface area contributed by atoms with E-state index in [0.717, 1.165) is 7.05 Å².